The highest BCUT2D eigenvalue weighted by molar-refractivity contribution is 7.09. The maximum Gasteiger partial charge on any atom is 0.261 e. The molecule has 1 aliphatic rings. The Labute approximate surface area is 96.7 Å². The highest BCUT2D eigenvalue weighted by Gasteiger charge is 2.17. The van der Waals surface area contributed by atoms with Crippen LogP contribution in [0.25, 0.3) is 0 Å². The molecule has 85 valence electrons. The molecule has 0 aliphatic heterocycles. The van der Waals surface area contributed by atoms with E-state index in [9.17, 15) is 4.79 Å². The van der Waals surface area contributed by atoms with Crippen LogP contribution in [-0.2, 0) is 9.63 Å². The summed E-state index contributed by atoms with van der Waals surface area (Å²) in [6, 6.07) is 0. The van der Waals surface area contributed by atoms with Gasteiger partial charge in [-0.3, -0.25) is 4.79 Å². The lowest BCUT2D eigenvalue weighted by atomic mass is 10.3. The molecule has 0 unspecified atom stereocenters. The summed E-state index contributed by atoms with van der Waals surface area (Å²) in [5, 5.41) is 4.02. The lowest BCUT2D eigenvalue weighted by Crippen LogP contribution is -2.10. The number of aromatic nitrogens is 2. The van der Waals surface area contributed by atoms with E-state index in [0.29, 0.717) is 5.13 Å². The molecule has 1 aliphatic carbocycles. The molecule has 6 nitrogen and oxygen atoms in total. The molecular formula is C9H11N4O2S. The van der Waals surface area contributed by atoms with E-state index < -0.39 is 0 Å². The Morgan fingerprint density at radius 3 is 2.88 bits per heavy atom. The standard InChI is InChI=1S/C9H11N4O2S/c10-9-11-8(13-16-9)7(5-14)12-15-6-3-1-2-4-6/h6H,1-4H2,(H2,10,11,13). The number of nitrogens with two attached hydrogens (primary N) is 1. The van der Waals surface area contributed by atoms with Gasteiger partial charge in [-0.05, 0) is 25.7 Å². The quantitative estimate of drug-likeness (QED) is 0.622. The van der Waals surface area contributed by atoms with Crippen molar-refractivity contribution in [3.8, 4) is 0 Å². The molecule has 0 bridgehead atoms. The zero-order valence-electron chi connectivity index (χ0n) is 8.55. The van der Waals surface area contributed by atoms with Crippen molar-refractivity contribution in [2.24, 2.45) is 5.16 Å². The van der Waals surface area contributed by atoms with E-state index in [1.165, 1.54) is 0 Å². The van der Waals surface area contributed by atoms with Gasteiger partial charge in [-0.2, -0.15) is 9.36 Å². The summed E-state index contributed by atoms with van der Waals surface area (Å²) in [6.07, 6.45) is 5.98. The van der Waals surface area contributed by atoms with Crippen molar-refractivity contribution in [3.63, 3.8) is 0 Å². The van der Waals surface area contributed by atoms with Gasteiger partial charge in [-0.15, -0.1) is 0 Å². The molecular weight excluding hydrogens is 228 g/mol. The lowest BCUT2D eigenvalue weighted by molar-refractivity contribution is 0.0649. The van der Waals surface area contributed by atoms with Crippen molar-refractivity contribution >= 4 is 28.7 Å². The van der Waals surface area contributed by atoms with E-state index in [1.54, 1.807) is 6.29 Å². The first kappa shape index (κ1) is 11.0. The number of nitrogens with zero attached hydrogens (tertiary/aromatic N) is 3. The van der Waals surface area contributed by atoms with Crippen molar-refractivity contribution in [1.29, 1.82) is 0 Å². The van der Waals surface area contributed by atoms with Crippen molar-refractivity contribution < 1.29 is 9.63 Å². The number of hydrogen-bond acceptors (Lipinski definition) is 7. The van der Waals surface area contributed by atoms with Gasteiger partial charge < -0.3 is 10.6 Å². The second-order valence-corrected chi connectivity index (χ2v) is 4.29. The normalized spacial score (nSPS) is 17.6. The van der Waals surface area contributed by atoms with Gasteiger partial charge in [-0.25, -0.2) is 0 Å². The third-order valence-electron chi connectivity index (χ3n) is 2.35. The molecule has 1 aromatic heterocycles. The maximum atomic E-state index is 10.7. The second-order valence-electron chi connectivity index (χ2n) is 3.51. The second kappa shape index (κ2) is 5.02. The Morgan fingerprint density at radius 1 is 1.56 bits per heavy atom. The van der Waals surface area contributed by atoms with Crippen LogP contribution in [0, 0.1) is 0 Å². The van der Waals surface area contributed by atoms with Gasteiger partial charge in [0.25, 0.3) is 6.29 Å². The minimum atomic E-state index is -0.0279. The number of hydrogen-bond donors (Lipinski definition) is 1. The van der Waals surface area contributed by atoms with Crippen LogP contribution >= 0.6 is 11.5 Å². The monoisotopic (exact) mass is 239 g/mol. The van der Waals surface area contributed by atoms with Gasteiger partial charge >= 0.3 is 0 Å². The molecule has 0 spiro atoms. The van der Waals surface area contributed by atoms with E-state index in [4.69, 9.17) is 10.6 Å². The molecule has 1 radical (unpaired) electrons. The van der Waals surface area contributed by atoms with Gasteiger partial charge in [-0.1, -0.05) is 5.16 Å². The van der Waals surface area contributed by atoms with Crippen LogP contribution < -0.4 is 5.73 Å². The third-order valence-corrected chi connectivity index (χ3v) is 2.89. The van der Waals surface area contributed by atoms with E-state index in [0.717, 1.165) is 37.2 Å². The molecule has 0 aromatic carbocycles. The maximum absolute atomic E-state index is 10.7. The smallest absolute Gasteiger partial charge is 0.261 e. The van der Waals surface area contributed by atoms with E-state index >= 15 is 0 Å². The fraction of sp³-hybridized carbons (Fsp3) is 0.556. The van der Waals surface area contributed by atoms with Crippen LogP contribution in [0.15, 0.2) is 5.16 Å². The van der Waals surface area contributed by atoms with Gasteiger partial charge in [0, 0.05) is 11.5 Å². The molecule has 16 heavy (non-hydrogen) atoms. The number of oxime groups is 1. The SMILES string of the molecule is Nc1nc(C([C]=O)=NOC2CCCC2)ns1. The van der Waals surface area contributed by atoms with Crippen LogP contribution in [0.3, 0.4) is 0 Å². The minimum Gasteiger partial charge on any atom is -0.392 e. The Morgan fingerprint density at radius 2 is 2.31 bits per heavy atom. The Hall–Kier alpha value is -1.50. The van der Waals surface area contributed by atoms with Gasteiger partial charge in [0.15, 0.2) is 10.8 Å². The van der Waals surface area contributed by atoms with Gasteiger partial charge in [0.1, 0.15) is 6.10 Å². The van der Waals surface area contributed by atoms with Gasteiger partial charge in [0.2, 0.25) is 5.82 Å². The first-order chi connectivity index (χ1) is 7.79. The first-order valence-corrected chi connectivity index (χ1v) is 5.78. The third kappa shape index (κ3) is 2.54. The summed E-state index contributed by atoms with van der Waals surface area (Å²) in [5.41, 5.74) is 5.38. The molecule has 1 aromatic rings. The van der Waals surface area contributed by atoms with Gasteiger partial charge in [0.05, 0.1) is 0 Å². The van der Waals surface area contributed by atoms with E-state index in [2.05, 4.69) is 14.5 Å². The van der Waals surface area contributed by atoms with Crippen LogP contribution in [0.5, 0.6) is 0 Å². The highest BCUT2D eigenvalue weighted by Crippen LogP contribution is 2.21. The molecule has 1 fully saturated rings. The number of anilines is 1. The highest BCUT2D eigenvalue weighted by atomic mass is 32.1. The largest absolute Gasteiger partial charge is 0.392 e. The van der Waals surface area contributed by atoms with E-state index in [-0.39, 0.29) is 17.6 Å². The number of carbonyl (C=O) groups excluding carboxylic acids is 1. The molecule has 2 N–H and O–H groups in total. The summed E-state index contributed by atoms with van der Waals surface area (Å²) in [7, 11) is 0. The molecule has 2 rings (SSSR count). The minimum absolute atomic E-state index is 0.0279. The predicted octanol–water partition coefficient (Wildman–Crippen LogP) is 0.893. The summed E-state index contributed by atoms with van der Waals surface area (Å²) in [4.78, 5) is 19.7. The van der Waals surface area contributed by atoms with Crippen LogP contribution in [-0.4, -0.2) is 27.5 Å². The van der Waals surface area contributed by atoms with Crippen molar-refractivity contribution in [2.75, 3.05) is 5.73 Å². The zero-order chi connectivity index (χ0) is 11.4. The van der Waals surface area contributed by atoms with E-state index in [1.807, 2.05) is 0 Å². The summed E-state index contributed by atoms with van der Waals surface area (Å²) in [6.45, 7) is 0. The summed E-state index contributed by atoms with van der Waals surface area (Å²) < 4.78 is 3.86. The topological polar surface area (TPSA) is 90.5 Å². The molecule has 1 saturated carbocycles. The van der Waals surface area contributed by atoms with Crippen molar-refractivity contribution in [1.82, 2.24) is 9.36 Å². The Balaban J connectivity index is 2.03. The number of nitrogen functional groups attached to an aromatic ring is 1. The van der Waals surface area contributed by atoms with Crippen LogP contribution in [0.2, 0.25) is 0 Å². The average molecular weight is 239 g/mol. The number of rotatable bonds is 4. The predicted molar refractivity (Wildman–Crippen MR) is 59.9 cm³/mol. The van der Waals surface area contributed by atoms with Crippen LogP contribution in [0.1, 0.15) is 31.5 Å². The Kier molecular flexibility index (Phi) is 3.45. The van der Waals surface area contributed by atoms with Crippen LogP contribution in [0.4, 0.5) is 5.13 Å². The average Bonchev–Trinajstić information content (AvgIpc) is 2.91. The molecule has 7 heteroatoms. The molecule has 0 amide bonds. The molecule has 0 atom stereocenters. The molecule has 0 saturated heterocycles. The van der Waals surface area contributed by atoms with Crippen molar-refractivity contribution in [3.05, 3.63) is 5.82 Å². The fourth-order valence-electron chi connectivity index (χ4n) is 1.56. The fourth-order valence-corrected chi connectivity index (χ4v) is 1.99. The summed E-state index contributed by atoms with van der Waals surface area (Å²) in [5.74, 6) is 0.176. The molecule has 1 heterocycles. The Bertz CT molecular complexity index is 398. The zero-order valence-corrected chi connectivity index (χ0v) is 9.37. The summed E-state index contributed by atoms with van der Waals surface area (Å²) >= 11 is 1.01. The van der Waals surface area contributed by atoms with Crippen molar-refractivity contribution in [2.45, 2.75) is 31.8 Å². The first-order valence-electron chi connectivity index (χ1n) is 5.01. The lowest BCUT2D eigenvalue weighted by Gasteiger charge is -2.05.